The number of nitrogens with zero attached hydrogens (tertiary/aromatic N) is 1. The normalized spacial score (nSPS) is 10.3. The fourth-order valence-corrected chi connectivity index (χ4v) is 1.70. The molecule has 0 aliphatic rings. The van der Waals surface area contributed by atoms with Crippen molar-refractivity contribution in [3.05, 3.63) is 54.2 Å². The van der Waals surface area contributed by atoms with Crippen molar-refractivity contribution in [3.63, 3.8) is 0 Å². The summed E-state index contributed by atoms with van der Waals surface area (Å²) in [7, 11) is 0. The van der Waals surface area contributed by atoms with Gasteiger partial charge >= 0.3 is 0 Å². The van der Waals surface area contributed by atoms with Crippen molar-refractivity contribution in [3.8, 4) is 11.3 Å². The zero-order valence-electron chi connectivity index (χ0n) is 9.13. The molecule has 1 aromatic heterocycles. The molecule has 82 valence electrons. The SMILES string of the molecule is OCCCc1cccc(-c2ccccn2)c1. The first-order valence-corrected chi connectivity index (χ1v) is 5.51. The van der Waals surface area contributed by atoms with E-state index in [1.54, 1.807) is 6.20 Å². The summed E-state index contributed by atoms with van der Waals surface area (Å²) in [6, 6.07) is 14.2. The summed E-state index contributed by atoms with van der Waals surface area (Å²) < 4.78 is 0. The average molecular weight is 213 g/mol. The molecule has 2 rings (SSSR count). The lowest BCUT2D eigenvalue weighted by Crippen LogP contribution is -1.90. The van der Waals surface area contributed by atoms with E-state index in [1.165, 1.54) is 5.56 Å². The number of benzene rings is 1. The minimum Gasteiger partial charge on any atom is -0.396 e. The van der Waals surface area contributed by atoms with E-state index in [2.05, 4.69) is 23.2 Å². The minimum absolute atomic E-state index is 0.244. The molecule has 2 nitrogen and oxygen atoms in total. The number of rotatable bonds is 4. The van der Waals surface area contributed by atoms with Gasteiger partial charge in [-0.15, -0.1) is 0 Å². The second-order valence-electron chi connectivity index (χ2n) is 3.74. The quantitative estimate of drug-likeness (QED) is 0.847. The Balaban J connectivity index is 2.22. The number of aliphatic hydroxyl groups excluding tert-OH is 1. The van der Waals surface area contributed by atoms with Gasteiger partial charge in [-0.25, -0.2) is 0 Å². The molecule has 0 unspecified atom stereocenters. The molecule has 2 heteroatoms. The fraction of sp³-hybridized carbons (Fsp3) is 0.214. The second kappa shape index (κ2) is 5.42. The van der Waals surface area contributed by atoms with Crippen LogP contribution in [0.25, 0.3) is 11.3 Å². The first kappa shape index (κ1) is 10.8. The van der Waals surface area contributed by atoms with Gasteiger partial charge in [0, 0.05) is 18.4 Å². The van der Waals surface area contributed by atoms with E-state index >= 15 is 0 Å². The molecule has 0 fully saturated rings. The Labute approximate surface area is 95.6 Å². The van der Waals surface area contributed by atoms with Crippen molar-refractivity contribution in [1.29, 1.82) is 0 Å². The molecule has 0 bridgehead atoms. The highest BCUT2D eigenvalue weighted by atomic mass is 16.2. The molecular formula is C14H15NO. The summed E-state index contributed by atoms with van der Waals surface area (Å²) >= 11 is 0. The Morgan fingerprint density at radius 1 is 1.06 bits per heavy atom. The van der Waals surface area contributed by atoms with Crippen LogP contribution in [0.2, 0.25) is 0 Å². The lowest BCUT2D eigenvalue weighted by atomic mass is 10.0. The average Bonchev–Trinajstić information content (AvgIpc) is 2.38. The Kier molecular flexibility index (Phi) is 3.67. The smallest absolute Gasteiger partial charge is 0.0702 e. The van der Waals surface area contributed by atoms with Crippen molar-refractivity contribution >= 4 is 0 Å². The van der Waals surface area contributed by atoms with Gasteiger partial charge in [-0.2, -0.15) is 0 Å². The van der Waals surface area contributed by atoms with Gasteiger partial charge in [0.15, 0.2) is 0 Å². The molecular weight excluding hydrogens is 198 g/mol. The van der Waals surface area contributed by atoms with E-state index in [9.17, 15) is 0 Å². The molecule has 1 aromatic carbocycles. The molecule has 0 saturated carbocycles. The van der Waals surface area contributed by atoms with Gasteiger partial charge in [0.25, 0.3) is 0 Å². The minimum atomic E-state index is 0.244. The molecule has 0 aliphatic heterocycles. The maximum absolute atomic E-state index is 8.80. The van der Waals surface area contributed by atoms with Gasteiger partial charge in [-0.05, 0) is 36.6 Å². The highest BCUT2D eigenvalue weighted by Gasteiger charge is 1.99. The highest BCUT2D eigenvalue weighted by Crippen LogP contribution is 2.18. The van der Waals surface area contributed by atoms with Crippen LogP contribution < -0.4 is 0 Å². The summed E-state index contributed by atoms with van der Waals surface area (Å²) in [6.45, 7) is 0.244. The molecule has 0 atom stereocenters. The van der Waals surface area contributed by atoms with Crippen LogP contribution in [0.15, 0.2) is 48.7 Å². The van der Waals surface area contributed by atoms with Crippen LogP contribution in [0.4, 0.5) is 0 Å². The largest absolute Gasteiger partial charge is 0.396 e. The lowest BCUT2D eigenvalue weighted by Gasteiger charge is -2.04. The van der Waals surface area contributed by atoms with Gasteiger partial charge in [0.1, 0.15) is 0 Å². The van der Waals surface area contributed by atoms with E-state index in [0.717, 1.165) is 24.1 Å². The van der Waals surface area contributed by atoms with Gasteiger partial charge < -0.3 is 5.11 Å². The van der Waals surface area contributed by atoms with Crippen LogP contribution >= 0.6 is 0 Å². The zero-order valence-corrected chi connectivity index (χ0v) is 9.13. The molecule has 1 heterocycles. The predicted molar refractivity (Wildman–Crippen MR) is 65.1 cm³/mol. The maximum Gasteiger partial charge on any atom is 0.0702 e. The van der Waals surface area contributed by atoms with Crippen molar-refractivity contribution in [2.24, 2.45) is 0 Å². The molecule has 16 heavy (non-hydrogen) atoms. The van der Waals surface area contributed by atoms with Crippen LogP contribution in [0, 0.1) is 0 Å². The van der Waals surface area contributed by atoms with Crippen LogP contribution in [-0.2, 0) is 6.42 Å². The number of aromatic nitrogens is 1. The van der Waals surface area contributed by atoms with E-state index in [4.69, 9.17) is 5.11 Å². The monoisotopic (exact) mass is 213 g/mol. The Bertz CT molecular complexity index is 439. The van der Waals surface area contributed by atoms with Gasteiger partial charge in [0.2, 0.25) is 0 Å². The van der Waals surface area contributed by atoms with E-state index in [-0.39, 0.29) is 6.61 Å². The third-order valence-corrected chi connectivity index (χ3v) is 2.51. The van der Waals surface area contributed by atoms with Crippen LogP contribution in [-0.4, -0.2) is 16.7 Å². The van der Waals surface area contributed by atoms with Crippen LogP contribution in [0.5, 0.6) is 0 Å². The maximum atomic E-state index is 8.80. The number of aryl methyl sites for hydroxylation is 1. The first-order chi connectivity index (χ1) is 7.90. The molecule has 0 spiro atoms. The Morgan fingerprint density at radius 3 is 2.75 bits per heavy atom. The van der Waals surface area contributed by atoms with Crippen molar-refractivity contribution in [2.75, 3.05) is 6.61 Å². The van der Waals surface area contributed by atoms with Crippen LogP contribution in [0.1, 0.15) is 12.0 Å². The van der Waals surface area contributed by atoms with Crippen molar-refractivity contribution in [2.45, 2.75) is 12.8 Å². The highest BCUT2D eigenvalue weighted by molar-refractivity contribution is 5.59. The molecule has 0 radical (unpaired) electrons. The standard InChI is InChI=1S/C14H15NO/c16-10-4-6-12-5-3-7-13(11-12)14-8-1-2-9-15-14/h1-3,5,7-9,11,16H,4,6,10H2. The molecule has 0 amide bonds. The Hall–Kier alpha value is -1.67. The van der Waals surface area contributed by atoms with Crippen molar-refractivity contribution < 1.29 is 5.11 Å². The predicted octanol–water partition coefficient (Wildman–Crippen LogP) is 2.67. The van der Waals surface area contributed by atoms with E-state index in [0.29, 0.717) is 0 Å². The number of pyridine rings is 1. The summed E-state index contributed by atoms with van der Waals surface area (Å²) in [6.07, 6.45) is 3.53. The summed E-state index contributed by atoms with van der Waals surface area (Å²) in [4.78, 5) is 4.32. The number of hydrogen-bond donors (Lipinski definition) is 1. The van der Waals surface area contributed by atoms with Gasteiger partial charge in [0.05, 0.1) is 5.69 Å². The van der Waals surface area contributed by atoms with Gasteiger partial charge in [-0.3, -0.25) is 4.98 Å². The van der Waals surface area contributed by atoms with E-state index in [1.807, 2.05) is 24.3 Å². The zero-order chi connectivity index (χ0) is 11.2. The second-order valence-corrected chi connectivity index (χ2v) is 3.74. The number of aliphatic hydroxyl groups is 1. The third-order valence-electron chi connectivity index (χ3n) is 2.51. The molecule has 2 aromatic rings. The lowest BCUT2D eigenvalue weighted by molar-refractivity contribution is 0.288. The first-order valence-electron chi connectivity index (χ1n) is 5.51. The summed E-state index contributed by atoms with van der Waals surface area (Å²) in [5.41, 5.74) is 3.38. The van der Waals surface area contributed by atoms with Crippen LogP contribution in [0.3, 0.4) is 0 Å². The third kappa shape index (κ3) is 2.67. The van der Waals surface area contributed by atoms with E-state index < -0.39 is 0 Å². The molecule has 0 saturated heterocycles. The molecule has 1 N–H and O–H groups in total. The Morgan fingerprint density at radius 2 is 2.00 bits per heavy atom. The summed E-state index contributed by atoms with van der Waals surface area (Å²) in [5, 5.41) is 8.80. The number of hydrogen-bond acceptors (Lipinski definition) is 2. The topological polar surface area (TPSA) is 33.1 Å². The summed E-state index contributed by atoms with van der Waals surface area (Å²) in [5.74, 6) is 0. The van der Waals surface area contributed by atoms with Crippen molar-refractivity contribution in [1.82, 2.24) is 4.98 Å². The molecule has 0 aliphatic carbocycles. The van der Waals surface area contributed by atoms with Gasteiger partial charge in [-0.1, -0.05) is 24.3 Å². The fourth-order valence-electron chi connectivity index (χ4n) is 1.70.